The summed E-state index contributed by atoms with van der Waals surface area (Å²) in [5, 5.41) is 0. The van der Waals surface area contributed by atoms with Gasteiger partial charge in [-0.2, -0.15) is 0 Å². The van der Waals surface area contributed by atoms with E-state index in [1.54, 1.807) is 0 Å². The fraction of sp³-hybridized carbons (Fsp3) is 0.462. The molecule has 0 unspecified atom stereocenters. The number of carbonyl (C=O) groups is 3. The largest absolute Gasteiger partial charge is 0.294 e. The SMILES string of the molecule is O=C=NCCCCCCc1ncnc(C(=O)C(=O)C=O)n1. The van der Waals surface area contributed by atoms with Crippen molar-refractivity contribution in [2.75, 3.05) is 6.54 Å². The molecule has 0 radical (unpaired) electrons. The number of ketones is 2. The summed E-state index contributed by atoms with van der Waals surface area (Å²) < 4.78 is 0. The number of isocyanates is 1. The highest BCUT2D eigenvalue weighted by Gasteiger charge is 2.18. The van der Waals surface area contributed by atoms with Gasteiger partial charge in [-0.25, -0.2) is 24.7 Å². The van der Waals surface area contributed by atoms with Crippen LogP contribution in [0.15, 0.2) is 11.3 Å². The van der Waals surface area contributed by atoms with Gasteiger partial charge in [-0.3, -0.25) is 14.4 Å². The van der Waals surface area contributed by atoms with Gasteiger partial charge in [-0.15, -0.1) is 0 Å². The predicted molar refractivity (Wildman–Crippen MR) is 70.4 cm³/mol. The molecule has 0 bridgehead atoms. The Morgan fingerprint density at radius 1 is 1.19 bits per heavy atom. The first-order chi connectivity index (χ1) is 10.2. The van der Waals surface area contributed by atoms with Crippen molar-refractivity contribution in [3.05, 3.63) is 18.0 Å². The van der Waals surface area contributed by atoms with Gasteiger partial charge < -0.3 is 0 Å². The van der Waals surface area contributed by atoms with E-state index in [2.05, 4.69) is 19.9 Å². The van der Waals surface area contributed by atoms with Crippen LogP contribution in [0.3, 0.4) is 0 Å². The van der Waals surface area contributed by atoms with Crippen molar-refractivity contribution < 1.29 is 19.2 Å². The number of aliphatic imine (C=N–C) groups is 1. The monoisotopic (exact) mass is 290 g/mol. The van der Waals surface area contributed by atoms with Crippen molar-refractivity contribution in [2.45, 2.75) is 32.1 Å². The highest BCUT2D eigenvalue weighted by atomic mass is 16.2. The Kier molecular flexibility index (Phi) is 7.31. The number of carbonyl (C=O) groups excluding carboxylic acids is 4. The van der Waals surface area contributed by atoms with Crippen LogP contribution in [0.4, 0.5) is 0 Å². The molecule has 110 valence electrons. The Morgan fingerprint density at radius 3 is 2.67 bits per heavy atom. The Hall–Kier alpha value is -2.60. The Labute approximate surface area is 120 Å². The van der Waals surface area contributed by atoms with E-state index in [4.69, 9.17) is 0 Å². The smallest absolute Gasteiger partial charge is 0.273 e. The molecule has 0 aliphatic carbocycles. The van der Waals surface area contributed by atoms with Crippen LogP contribution in [0, 0.1) is 0 Å². The van der Waals surface area contributed by atoms with Crippen molar-refractivity contribution >= 4 is 23.9 Å². The molecule has 0 fully saturated rings. The fourth-order valence-electron chi connectivity index (χ4n) is 1.60. The van der Waals surface area contributed by atoms with E-state index in [1.165, 1.54) is 6.08 Å². The molecule has 1 aromatic heterocycles. The Bertz CT molecular complexity index is 567. The molecule has 8 nitrogen and oxygen atoms in total. The van der Waals surface area contributed by atoms with E-state index in [0.29, 0.717) is 18.8 Å². The molecule has 0 spiro atoms. The molecule has 0 atom stereocenters. The molecule has 1 rings (SSSR count). The van der Waals surface area contributed by atoms with Crippen molar-refractivity contribution in [2.24, 2.45) is 4.99 Å². The number of rotatable bonds is 10. The number of aldehydes is 1. The van der Waals surface area contributed by atoms with Crippen molar-refractivity contribution in [3.63, 3.8) is 0 Å². The summed E-state index contributed by atoms with van der Waals surface area (Å²) in [5.74, 6) is -2.11. The van der Waals surface area contributed by atoms with Crippen molar-refractivity contribution in [1.29, 1.82) is 0 Å². The van der Waals surface area contributed by atoms with E-state index >= 15 is 0 Å². The summed E-state index contributed by atoms with van der Waals surface area (Å²) in [7, 11) is 0. The highest BCUT2D eigenvalue weighted by molar-refractivity contribution is 6.61. The van der Waals surface area contributed by atoms with Gasteiger partial charge in [0.15, 0.2) is 6.29 Å². The van der Waals surface area contributed by atoms with Crippen LogP contribution in [0.1, 0.15) is 42.1 Å². The quantitative estimate of drug-likeness (QED) is 0.115. The second kappa shape index (κ2) is 9.33. The van der Waals surface area contributed by atoms with Crippen LogP contribution in [0.25, 0.3) is 0 Å². The average molecular weight is 290 g/mol. The number of aromatic nitrogens is 3. The summed E-state index contributed by atoms with van der Waals surface area (Å²) in [5.41, 5.74) is 0. The molecule has 0 N–H and O–H groups in total. The molecule has 21 heavy (non-hydrogen) atoms. The third-order valence-corrected chi connectivity index (χ3v) is 2.64. The second-order valence-electron chi connectivity index (χ2n) is 4.17. The molecular formula is C13H14N4O4. The molecule has 0 aliphatic heterocycles. The second-order valence-corrected chi connectivity index (χ2v) is 4.17. The lowest BCUT2D eigenvalue weighted by Gasteiger charge is -2.01. The Balaban J connectivity index is 2.42. The molecule has 1 heterocycles. The molecule has 0 amide bonds. The van der Waals surface area contributed by atoms with E-state index in [9.17, 15) is 19.2 Å². The minimum atomic E-state index is -1.18. The molecule has 0 aromatic carbocycles. The van der Waals surface area contributed by atoms with Crippen LogP contribution >= 0.6 is 0 Å². The zero-order chi connectivity index (χ0) is 15.5. The van der Waals surface area contributed by atoms with Gasteiger partial charge in [0.25, 0.3) is 11.6 Å². The van der Waals surface area contributed by atoms with Crippen LogP contribution < -0.4 is 0 Å². The van der Waals surface area contributed by atoms with Crippen LogP contribution in [-0.4, -0.2) is 45.4 Å². The zero-order valence-electron chi connectivity index (χ0n) is 11.3. The normalized spacial score (nSPS) is 9.71. The lowest BCUT2D eigenvalue weighted by Crippen LogP contribution is -2.19. The van der Waals surface area contributed by atoms with Gasteiger partial charge in [-0.1, -0.05) is 12.8 Å². The van der Waals surface area contributed by atoms with Gasteiger partial charge in [-0.05, 0) is 12.8 Å². The number of hydrogen-bond donors (Lipinski definition) is 0. The number of aryl methyl sites for hydroxylation is 1. The summed E-state index contributed by atoms with van der Waals surface area (Å²) >= 11 is 0. The molecule has 0 aliphatic rings. The Morgan fingerprint density at radius 2 is 1.95 bits per heavy atom. The maximum absolute atomic E-state index is 11.4. The molecular weight excluding hydrogens is 276 g/mol. The summed E-state index contributed by atoms with van der Waals surface area (Å²) in [6.07, 6.45) is 6.51. The topological polar surface area (TPSA) is 119 Å². The maximum atomic E-state index is 11.4. The summed E-state index contributed by atoms with van der Waals surface area (Å²) in [4.78, 5) is 57.3. The van der Waals surface area contributed by atoms with Crippen molar-refractivity contribution in [1.82, 2.24) is 15.0 Å². The minimum Gasteiger partial charge on any atom is -0.294 e. The van der Waals surface area contributed by atoms with E-state index in [-0.39, 0.29) is 12.1 Å². The van der Waals surface area contributed by atoms with Gasteiger partial charge in [0.1, 0.15) is 12.2 Å². The molecule has 0 saturated carbocycles. The number of Topliss-reactive ketones (excluding diaryl/α,β-unsaturated/α-hetero) is 2. The van der Waals surface area contributed by atoms with Crippen LogP contribution in [0.5, 0.6) is 0 Å². The lowest BCUT2D eigenvalue weighted by molar-refractivity contribution is -0.126. The van der Waals surface area contributed by atoms with E-state index < -0.39 is 11.6 Å². The summed E-state index contributed by atoms with van der Waals surface area (Å²) in [6.45, 7) is 0.474. The van der Waals surface area contributed by atoms with Gasteiger partial charge in [0.2, 0.25) is 11.9 Å². The fourth-order valence-corrected chi connectivity index (χ4v) is 1.60. The third kappa shape index (κ3) is 5.92. The van der Waals surface area contributed by atoms with Crippen LogP contribution in [0.2, 0.25) is 0 Å². The van der Waals surface area contributed by atoms with Crippen molar-refractivity contribution in [3.8, 4) is 0 Å². The predicted octanol–water partition coefficient (Wildman–Crippen LogP) is 0.261. The minimum absolute atomic E-state index is 0.0619. The average Bonchev–Trinajstić information content (AvgIpc) is 2.52. The number of unbranched alkanes of at least 4 members (excludes halogenated alkanes) is 3. The van der Waals surface area contributed by atoms with Gasteiger partial charge >= 0.3 is 0 Å². The number of nitrogens with zero attached hydrogens (tertiary/aromatic N) is 4. The highest BCUT2D eigenvalue weighted by Crippen LogP contribution is 2.04. The number of hydrogen-bond acceptors (Lipinski definition) is 8. The van der Waals surface area contributed by atoms with E-state index in [0.717, 1.165) is 32.0 Å². The van der Waals surface area contributed by atoms with E-state index in [1.807, 2.05) is 0 Å². The molecule has 1 aromatic rings. The first-order valence-corrected chi connectivity index (χ1v) is 6.44. The lowest BCUT2D eigenvalue weighted by atomic mass is 10.1. The maximum Gasteiger partial charge on any atom is 0.273 e. The third-order valence-electron chi connectivity index (χ3n) is 2.64. The van der Waals surface area contributed by atoms with Crippen LogP contribution in [-0.2, 0) is 20.8 Å². The molecule has 0 saturated heterocycles. The molecule has 8 heteroatoms. The summed E-state index contributed by atoms with van der Waals surface area (Å²) in [6, 6.07) is 0. The van der Waals surface area contributed by atoms with Gasteiger partial charge in [0.05, 0.1) is 6.54 Å². The standard InChI is InChI=1S/C13H14N4O4/c18-7-10(20)12(21)13-16-8-15-11(17-13)5-3-1-2-4-6-14-9-19/h7-8H,1-6H2. The van der Waals surface area contributed by atoms with Gasteiger partial charge in [0, 0.05) is 6.42 Å². The zero-order valence-corrected chi connectivity index (χ0v) is 11.3. The first kappa shape index (κ1) is 16.5. The first-order valence-electron chi connectivity index (χ1n) is 6.44.